The lowest BCUT2D eigenvalue weighted by Gasteiger charge is -2.32. The van der Waals surface area contributed by atoms with Crippen LogP contribution in [-0.2, 0) is 9.31 Å². The molecule has 1 aliphatic rings. The van der Waals surface area contributed by atoms with Crippen LogP contribution >= 0.6 is 0 Å². The lowest BCUT2D eigenvalue weighted by molar-refractivity contribution is 0.00578. The Bertz CT molecular complexity index is 435. The van der Waals surface area contributed by atoms with Gasteiger partial charge in [-0.25, -0.2) is 0 Å². The molecule has 0 radical (unpaired) electrons. The molecule has 100 valence electrons. The summed E-state index contributed by atoms with van der Waals surface area (Å²) in [6.45, 7) is 14.3. The summed E-state index contributed by atoms with van der Waals surface area (Å²) in [4.78, 5) is 0. The van der Waals surface area contributed by atoms with Gasteiger partial charge < -0.3 is 13.8 Å². The second-order valence-corrected chi connectivity index (χ2v) is 6.28. The topological polar surface area (TPSA) is 44.5 Å². The third-order valence-electron chi connectivity index (χ3n) is 3.97. The smallest absolute Gasteiger partial charge is 0.399 e. The zero-order valence-electron chi connectivity index (χ0n) is 12.3. The highest BCUT2D eigenvalue weighted by molar-refractivity contribution is 6.63. The van der Waals surface area contributed by atoms with Gasteiger partial charge in [-0.1, -0.05) is 19.0 Å². The molecule has 0 saturated carbocycles. The molecule has 1 aliphatic heterocycles. The molecule has 0 aromatic carbocycles. The fourth-order valence-electron chi connectivity index (χ4n) is 2.06. The van der Waals surface area contributed by atoms with Crippen LogP contribution in [0.25, 0.3) is 0 Å². The predicted octanol–water partition coefficient (Wildman–Crippen LogP) is 2.41. The molecule has 0 aliphatic carbocycles. The van der Waals surface area contributed by atoms with Crippen molar-refractivity contribution in [1.29, 1.82) is 0 Å². The standard InChI is InChI=1S/C13H22BNO3/c1-8(2)11-10(9(3)16-15-11)14-17-12(4,5)13(6,7)18-14/h8H,1-7H3. The van der Waals surface area contributed by atoms with Gasteiger partial charge in [0.15, 0.2) is 0 Å². The zero-order valence-corrected chi connectivity index (χ0v) is 12.3. The van der Waals surface area contributed by atoms with Crippen LogP contribution in [0.3, 0.4) is 0 Å². The van der Waals surface area contributed by atoms with E-state index in [2.05, 4.69) is 19.0 Å². The van der Waals surface area contributed by atoms with Crippen molar-refractivity contribution < 1.29 is 13.8 Å². The van der Waals surface area contributed by atoms with E-state index >= 15 is 0 Å². The van der Waals surface area contributed by atoms with E-state index in [0.29, 0.717) is 0 Å². The van der Waals surface area contributed by atoms with Gasteiger partial charge in [0.2, 0.25) is 0 Å². The van der Waals surface area contributed by atoms with E-state index in [1.54, 1.807) is 0 Å². The molecule has 0 bridgehead atoms. The maximum atomic E-state index is 6.06. The van der Waals surface area contributed by atoms with Gasteiger partial charge in [0.25, 0.3) is 0 Å². The van der Waals surface area contributed by atoms with Crippen LogP contribution in [0, 0.1) is 6.92 Å². The average Bonchev–Trinajstić information content (AvgIpc) is 2.66. The molecular weight excluding hydrogens is 229 g/mol. The maximum absolute atomic E-state index is 6.06. The third-order valence-corrected chi connectivity index (χ3v) is 3.97. The number of rotatable bonds is 2. The van der Waals surface area contributed by atoms with E-state index in [1.807, 2.05) is 34.6 Å². The number of aromatic nitrogens is 1. The third kappa shape index (κ3) is 1.99. The molecule has 0 N–H and O–H groups in total. The highest BCUT2D eigenvalue weighted by Gasteiger charge is 2.53. The highest BCUT2D eigenvalue weighted by Crippen LogP contribution is 2.37. The number of aryl methyl sites for hydroxylation is 1. The molecule has 18 heavy (non-hydrogen) atoms. The monoisotopic (exact) mass is 251 g/mol. The molecule has 1 aromatic heterocycles. The summed E-state index contributed by atoms with van der Waals surface area (Å²) in [5.74, 6) is 1.06. The van der Waals surface area contributed by atoms with Crippen LogP contribution < -0.4 is 5.46 Å². The molecule has 0 spiro atoms. The molecule has 1 saturated heterocycles. The molecule has 1 fully saturated rings. The van der Waals surface area contributed by atoms with Gasteiger partial charge in [-0.2, -0.15) is 0 Å². The highest BCUT2D eigenvalue weighted by atomic mass is 16.7. The first-order valence-corrected chi connectivity index (χ1v) is 6.47. The largest absolute Gasteiger partial charge is 0.500 e. The minimum Gasteiger partial charge on any atom is -0.399 e. The molecule has 2 heterocycles. The second kappa shape index (κ2) is 4.10. The van der Waals surface area contributed by atoms with Crippen molar-refractivity contribution in [3.63, 3.8) is 0 Å². The van der Waals surface area contributed by atoms with Crippen molar-refractivity contribution >= 4 is 12.6 Å². The van der Waals surface area contributed by atoms with Crippen molar-refractivity contribution in [3.05, 3.63) is 11.5 Å². The molecule has 5 heteroatoms. The summed E-state index contributed by atoms with van der Waals surface area (Å²) in [6, 6.07) is 0. The van der Waals surface area contributed by atoms with Gasteiger partial charge in [0.05, 0.1) is 16.9 Å². The van der Waals surface area contributed by atoms with E-state index < -0.39 is 7.12 Å². The second-order valence-electron chi connectivity index (χ2n) is 6.28. The zero-order chi connectivity index (χ0) is 13.7. The fourth-order valence-corrected chi connectivity index (χ4v) is 2.06. The Morgan fingerprint density at radius 1 is 1.06 bits per heavy atom. The Balaban J connectivity index is 2.38. The first-order valence-electron chi connectivity index (χ1n) is 6.47. The SMILES string of the molecule is Cc1onc(C(C)C)c1B1OC(C)(C)C(C)(C)O1. The van der Waals surface area contributed by atoms with Crippen molar-refractivity contribution in [1.82, 2.24) is 5.16 Å². The van der Waals surface area contributed by atoms with Crippen LogP contribution in [0.1, 0.15) is 58.9 Å². The van der Waals surface area contributed by atoms with Gasteiger partial charge in [-0.3, -0.25) is 0 Å². The molecular formula is C13H22BNO3. The van der Waals surface area contributed by atoms with E-state index in [0.717, 1.165) is 16.9 Å². The van der Waals surface area contributed by atoms with Gasteiger partial charge in [0, 0.05) is 5.46 Å². The number of hydrogen-bond acceptors (Lipinski definition) is 4. The van der Waals surface area contributed by atoms with Crippen molar-refractivity contribution in [2.45, 2.75) is 65.6 Å². The maximum Gasteiger partial charge on any atom is 0.500 e. The van der Waals surface area contributed by atoms with Crippen LogP contribution in [0.15, 0.2) is 4.52 Å². The van der Waals surface area contributed by atoms with Crippen molar-refractivity contribution in [2.24, 2.45) is 0 Å². The van der Waals surface area contributed by atoms with Crippen molar-refractivity contribution in [2.75, 3.05) is 0 Å². The lowest BCUT2D eigenvalue weighted by Crippen LogP contribution is -2.41. The number of hydrogen-bond donors (Lipinski definition) is 0. The van der Waals surface area contributed by atoms with Crippen LogP contribution in [0.2, 0.25) is 0 Å². The summed E-state index contributed by atoms with van der Waals surface area (Å²) in [6.07, 6.45) is 0. The van der Waals surface area contributed by atoms with E-state index in [9.17, 15) is 0 Å². The Kier molecular flexibility index (Phi) is 3.10. The van der Waals surface area contributed by atoms with Gasteiger partial charge >= 0.3 is 7.12 Å². The summed E-state index contributed by atoms with van der Waals surface area (Å²) in [5.41, 5.74) is 1.19. The molecule has 0 amide bonds. The minimum atomic E-state index is -0.390. The summed E-state index contributed by atoms with van der Waals surface area (Å²) in [7, 11) is -0.390. The number of nitrogens with zero attached hydrogens (tertiary/aromatic N) is 1. The van der Waals surface area contributed by atoms with Crippen molar-refractivity contribution in [3.8, 4) is 0 Å². The molecule has 2 rings (SSSR count). The first kappa shape index (κ1) is 13.6. The van der Waals surface area contributed by atoms with E-state index in [4.69, 9.17) is 13.8 Å². The van der Waals surface area contributed by atoms with E-state index in [-0.39, 0.29) is 17.1 Å². The lowest BCUT2D eigenvalue weighted by atomic mass is 9.75. The van der Waals surface area contributed by atoms with Gasteiger partial charge in [-0.05, 0) is 40.5 Å². The molecule has 0 unspecified atom stereocenters. The summed E-state index contributed by atoms with van der Waals surface area (Å²) in [5, 5.41) is 4.12. The average molecular weight is 251 g/mol. The molecule has 1 aromatic rings. The van der Waals surface area contributed by atoms with Crippen LogP contribution in [-0.4, -0.2) is 23.5 Å². The molecule has 4 nitrogen and oxygen atoms in total. The Hall–Kier alpha value is -0.805. The van der Waals surface area contributed by atoms with Crippen LogP contribution in [0.5, 0.6) is 0 Å². The summed E-state index contributed by atoms with van der Waals surface area (Å²) < 4.78 is 17.4. The Morgan fingerprint density at radius 3 is 2.00 bits per heavy atom. The van der Waals surface area contributed by atoms with Gasteiger partial charge in [0.1, 0.15) is 5.76 Å². The predicted molar refractivity (Wildman–Crippen MR) is 71.0 cm³/mol. The molecule has 0 atom stereocenters. The van der Waals surface area contributed by atoms with E-state index in [1.165, 1.54) is 0 Å². The quantitative estimate of drug-likeness (QED) is 0.757. The first-order chi connectivity index (χ1) is 8.16. The Labute approximate surface area is 109 Å². The normalized spacial score (nSPS) is 21.9. The van der Waals surface area contributed by atoms with Gasteiger partial charge in [-0.15, -0.1) is 0 Å². The Morgan fingerprint density at radius 2 is 1.56 bits per heavy atom. The summed E-state index contributed by atoms with van der Waals surface area (Å²) >= 11 is 0. The minimum absolute atomic E-state index is 0.288. The van der Waals surface area contributed by atoms with Crippen LogP contribution in [0.4, 0.5) is 0 Å². The fraction of sp³-hybridized carbons (Fsp3) is 0.769.